The molecule has 82 valence electrons. The highest BCUT2D eigenvalue weighted by Gasteiger charge is 2.12. The molecule has 0 unspecified atom stereocenters. The van der Waals surface area contributed by atoms with Crippen LogP contribution in [0.1, 0.15) is 10.4 Å². The first kappa shape index (κ1) is 12.8. The summed E-state index contributed by atoms with van der Waals surface area (Å²) < 4.78 is 0. The third kappa shape index (κ3) is 2.86. The molecule has 0 heterocycles. The molecule has 0 spiro atoms. The van der Waals surface area contributed by atoms with Crippen LogP contribution in [0.3, 0.4) is 0 Å². The molecule has 1 aromatic carbocycles. The number of benzene rings is 1. The van der Waals surface area contributed by atoms with Crippen LogP contribution in [-0.2, 0) is 0 Å². The standard InChI is InChI=1S/C10H12O2S3/c1-13-7-4-6(10(11)12)5-8(14-2)9(7)15-3/h4-5H,1-3H3,(H,11,12). The third-order valence-electron chi connectivity index (χ3n) is 1.91. The molecule has 1 rings (SSSR count). The maximum atomic E-state index is 10.9. The summed E-state index contributed by atoms with van der Waals surface area (Å²) in [5, 5.41) is 8.96. The minimum Gasteiger partial charge on any atom is -0.478 e. The van der Waals surface area contributed by atoms with Crippen molar-refractivity contribution in [2.24, 2.45) is 0 Å². The highest BCUT2D eigenvalue weighted by molar-refractivity contribution is 8.03. The highest BCUT2D eigenvalue weighted by Crippen LogP contribution is 2.37. The van der Waals surface area contributed by atoms with Crippen molar-refractivity contribution in [3.8, 4) is 0 Å². The summed E-state index contributed by atoms with van der Waals surface area (Å²) in [6, 6.07) is 3.47. The fourth-order valence-electron chi connectivity index (χ4n) is 1.20. The first-order valence-electron chi connectivity index (χ1n) is 4.17. The van der Waals surface area contributed by atoms with Crippen LogP contribution in [0.4, 0.5) is 0 Å². The molecule has 5 heteroatoms. The van der Waals surface area contributed by atoms with Crippen LogP contribution in [-0.4, -0.2) is 29.8 Å². The SMILES string of the molecule is CSc1cc(C(=O)O)cc(SC)c1SC. The molecule has 0 saturated carbocycles. The van der Waals surface area contributed by atoms with Crippen molar-refractivity contribution in [1.82, 2.24) is 0 Å². The minimum atomic E-state index is -0.867. The van der Waals surface area contributed by atoms with Gasteiger partial charge in [0.2, 0.25) is 0 Å². The summed E-state index contributed by atoms with van der Waals surface area (Å²) in [6.45, 7) is 0. The Morgan fingerprint density at radius 1 is 1.07 bits per heavy atom. The van der Waals surface area contributed by atoms with E-state index in [4.69, 9.17) is 5.11 Å². The first-order valence-corrected chi connectivity index (χ1v) is 7.84. The van der Waals surface area contributed by atoms with E-state index in [9.17, 15) is 4.79 Å². The lowest BCUT2D eigenvalue weighted by atomic mass is 10.2. The van der Waals surface area contributed by atoms with Crippen LogP contribution in [0.15, 0.2) is 26.8 Å². The molecule has 0 atom stereocenters. The van der Waals surface area contributed by atoms with Gasteiger partial charge in [-0.1, -0.05) is 0 Å². The van der Waals surface area contributed by atoms with E-state index in [0.29, 0.717) is 5.56 Å². The fraction of sp³-hybridized carbons (Fsp3) is 0.300. The van der Waals surface area contributed by atoms with Gasteiger partial charge in [0.05, 0.1) is 5.56 Å². The Labute approximate surface area is 102 Å². The number of thioether (sulfide) groups is 3. The van der Waals surface area contributed by atoms with Gasteiger partial charge >= 0.3 is 5.97 Å². The van der Waals surface area contributed by atoms with Crippen LogP contribution in [0, 0.1) is 0 Å². The van der Waals surface area contributed by atoms with E-state index in [1.165, 1.54) is 4.90 Å². The van der Waals surface area contributed by atoms with Crippen LogP contribution < -0.4 is 0 Å². The van der Waals surface area contributed by atoms with E-state index < -0.39 is 5.97 Å². The molecular weight excluding hydrogens is 248 g/mol. The Morgan fingerprint density at radius 2 is 1.53 bits per heavy atom. The van der Waals surface area contributed by atoms with E-state index in [2.05, 4.69) is 0 Å². The first-order chi connectivity index (χ1) is 7.13. The minimum absolute atomic E-state index is 0.363. The van der Waals surface area contributed by atoms with Gasteiger partial charge in [0.15, 0.2) is 0 Å². The average Bonchev–Trinajstić information content (AvgIpc) is 2.26. The summed E-state index contributed by atoms with van der Waals surface area (Å²) in [5.74, 6) is -0.867. The average molecular weight is 260 g/mol. The topological polar surface area (TPSA) is 37.3 Å². The Morgan fingerprint density at radius 3 is 1.80 bits per heavy atom. The van der Waals surface area contributed by atoms with Gasteiger partial charge in [-0.2, -0.15) is 0 Å². The zero-order valence-corrected chi connectivity index (χ0v) is 11.2. The quantitative estimate of drug-likeness (QED) is 0.838. The molecule has 0 aliphatic carbocycles. The molecule has 15 heavy (non-hydrogen) atoms. The molecule has 0 fully saturated rings. The number of aromatic carboxylic acids is 1. The van der Waals surface area contributed by atoms with E-state index in [0.717, 1.165) is 9.79 Å². The smallest absolute Gasteiger partial charge is 0.335 e. The highest BCUT2D eigenvalue weighted by atomic mass is 32.2. The zero-order valence-electron chi connectivity index (χ0n) is 8.73. The Hall–Kier alpha value is -0.260. The van der Waals surface area contributed by atoms with Gasteiger partial charge in [-0.05, 0) is 30.9 Å². The second-order valence-corrected chi connectivity index (χ2v) is 5.23. The van der Waals surface area contributed by atoms with Gasteiger partial charge in [0.25, 0.3) is 0 Å². The lowest BCUT2D eigenvalue weighted by molar-refractivity contribution is 0.0696. The van der Waals surface area contributed by atoms with Gasteiger partial charge in [0.1, 0.15) is 0 Å². The van der Waals surface area contributed by atoms with Gasteiger partial charge in [-0.15, -0.1) is 35.3 Å². The van der Waals surface area contributed by atoms with Gasteiger partial charge < -0.3 is 5.11 Å². The Balaban J connectivity index is 3.35. The van der Waals surface area contributed by atoms with Gasteiger partial charge in [-0.3, -0.25) is 0 Å². The van der Waals surface area contributed by atoms with Gasteiger partial charge in [-0.25, -0.2) is 4.79 Å². The van der Waals surface area contributed by atoms with Crippen LogP contribution in [0.2, 0.25) is 0 Å². The molecule has 0 aromatic heterocycles. The zero-order chi connectivity index (χ0) is 11.4. The Bertz CT molecular complexity index is 352. The largest absolute Gasteiger partial charge is 0.478 e. The molecule has 1 N–H and O–H groups in total. The van der Waals surface area contributed by atoms with Crippen molar-refractivity contribution < 1.29 is 9.90 Å². The number of hydrogen-bond acceptors (Lipinski definition) is 4. The summed E-state index contributed by atoms with van der Waals surface area (Å²) >= 11 is 4.82. The molecule has 0 saturated heterocycles. The van der Waals surface area contributed by atoms with Crippen molar-refractivity contribution >= 4 is 41.3 Å². The van der Waals surface area contributed by atoms with Crippen molar-refractivity contribution in [3.63, 3.8) is 0 Å². The summed E-state index contributed by atoms with van der Waals surface area (Å²) in [7, 11) is 0. The van der Waals surface area contributed by atoms with E-state index >= 15 is 0 Å². The summed E-state index contributed by atoms with van der Waals surface area (Å²) in [6.07, 6.45) is 5.94. The van der Waals surface area contributed by atoms with Crippen molar-refractivity contribution in [2.75, 3.05) is 18.8 Å². The predicted octanol–water partition coefficient (Wildman–Crippen LogP) is 3.55. The second-order valence-electron chi connectivity index (χ2n) is 2.72. The van der Waals surface area contributed by atoms with Crippen LogP contribution in [0.25, 0.3) is 0 Å². The maximum absolute atomic E-state index is 10.9. The normalized spacial score (nSPS) is 10.3. The molecule has 0 amide bonds. The lowest BCUT2D eigenvalue weighted by Gasteiger charge is -2.10. The molecule has 2 nitrogen and oxygen atoms in total. The molecule has 0 radical (unpaired) electrons. The third-order valence-corrected chi connectivity index (χ3v) is 4.54. The van der Waals surface area contributed by atoms with Crippen LogP contribution >= 0.6 is 35.3 Å². The van der Waals surface area contributed by atoms with E-state index in [1.807, 2.05) is 18.8 Å². The number of carboxylic acid groups (broad SMARTS) is 1. The second kappa shape index (κ2) is 5.72. The molecule has 0 aliphatic rings. The summed E-state index contributed by atoms with van der Waals surface area (Å²) in [5.41, 5.74) is 0.363. The van der Waals surface area contributed by atoms with E-state index in [-0.39, 0.29) is 0 Å². The predicted molar refractivity (Wildman–Crippen MR) is 68.7 cm³/mol. The van der Waals surface area contributed by atoms with Crippen molar-refractivity contribution in [3.05, 3.63) is 17.7 Å². The van der Waals surface area contributed by atoms with Gasteiger partial charge in [0, 0.05) is 14.7 Å². The molecule has 0 aliphatic heterocycles. The van der Waals surface area contributed by atoms with Crippen LogP contribution in [0.5, 0.6) is 0 Å². The maximum Gasteiger partial charge on any atom is 0.335 e. The number of carbonyl (C=O) groups is 1. The lowest BCUT2D eigenvalue weighted by Crippen LogP contribution is -1.98. The molecular formula is C10H12O2S3. The molecule has 0 bridgehead atoms. The van der Waals surface area contributed by atoms with Crippen molar-refractivity contribution in [1.29, 1.82) is 0 Å². The number of rotatable bonds is 4. The Kier molecular flexibility index (Phi) is 4.89. The number of carboxylic acids is 1. The summed E-state index contributed by atoms with van der Waals surface area (Å²) in [4.78, 5) is 14.1. The van der Waals surface area contributed by atoms with E-state index in [1.54, 1.807) is 47.4 Å². The fourth-order valence-corrected chi connectivity index (χ4v) is 3.87. The monoisotopic (exact) mass is 260 g/mol. The molecule has 1 aromatic rings. The van der Waals surface area contributed by atoms with Crippen molar-refractivity contribution in [2.45, 2.75) is 14.7 Å². The number of hydrogen-bond donors (Lipinski definition) is 1.